The minimum Gasteiger partial charge on any atom is -0.351 e. The highest BCUT2D eigenvalue weighted by Crippen LogP contribution is 2.44. The lowest BCUT2D eigenvalue weighted by Gasteiger charge is -2.28. The van der Waals surface area contributed by atoms with Crippen LogP contribution in [0.4, 0.5) is 11.4 Å². The lowest BCUT2D eigenvalue weighted by atomic mass is 9.96. The Balaban J connectivity index is 1.37. The molecule has 3 heterocycles. The van der Waals surface area contributed by atoms with Gasteiger partial charge in [-0.1, -0.05) is 35.5 Å². The van der Waals surface area contributed by atoms with Crippen molar-refractivity contribution in [3.05, 3.63) is 142 Å². The van der Waals surface area contributed by atoms with Crippen LogP contribution in [-0.4, -0.2) is 19.6 Å². The normalized spacial score (nSPS) is 16.5. The van der Waals surface area contributed by atoms with Gasteiger partial charge >= 0.3 is 0 Å². The third-order valence-electron chi connectivity index (χ3n) is 7.58. The molecule has 7 nitrogen and oxygen atoms in total. The number of aromatic nitrogens is 2. The number of nitrogens with zero attached hydrogens (tertiary/aromatic N) is 4. The van der Waals surface area contributed by atoms with Crippen LogP contribution >= 0.6 is 24.0 Å². The van der Waals surface area contributed by atoms with Crippen LogP contribution in [-0.2, 0) is 0 Å². The Hall–Kier alpha value is -4.47. The number of rotatable bonds is 7. The summed E-state index contributed by atoms with van der Waals surface area (Å²) in [5.41, 5.74) is 7.83. The molecule has 0 aliphatic carbocycles. The summed E-state index contributed by atoms with van der Waals surface area (Å²) < 4.78 is 2.30. The second kappa shape index (κ2) is 11.4. The maximum atomic E-state index is 11.0. The van der Waals surface area contributed by atoms with Crippen molar-refractivity contribution in [3.8, 4) is 5.69 Å². The van der Waals surface area contributed by atoms with Crippen molar-refractivity contribution in [3.63, 3.8) is 0 Å². The molecule has 9 heteroatoms. The standard InChI is InChI=1S/C33H29N5O2S2/c1-21-7-9-24(10-8-21)36-22(2)20-29(23(36)3)32-31(30-6-4-5-19-34-30)35-33(41)37(32)25-11-15-27(16-12-25)42-28-17-13-26(14-18-28)38(39)40/h4-20,31-32H,1-3H3,(H,35,41)/t31-,32-/m0/s1. The van der Waals surface area contributed by atoms with E-state index in [1.165, 1.54) is 23.3 Å². The molecule has 1 fully saturated rings. The van der Waals surface area contributed by atoms with Crippen LogP contribution in [0.3, 0.4) is 0 Å². The van der Waals surface area contributed by atoms with E-state index in [1.807, 2.05) is 24.4 Å². The third kappa shape index (κ3) is 5.29. The molecule has 0 unspecified atom stereocenters. The minimum absolute atomic E-state index is 0.0833. The monoisotopic (exact) mass is 591 g/mol. The van der Waals surface area contributed by atoms with Crippen LogP contribution in [0.1, 0.15) is 40.3 Å². The number of nitro groups is 1. The molecular weight excluding hydrogens is 563 g/mol. The van der Waals surface area contributed by atoms with Crippen molar-refractivity contribution in [1.82, 2.24) is 14.9 Å². The van der Waals surface area contributed by atoms with Gasteiger partial charge in [-0.3, -0.25) is 15.1 Å². The molecule has 1 N–H and O–H groups in total. The number of thiocarbonyl (C=S) groups is 1. The molecule has 3 aromatic carbocycles. The number of nitro benzene ring substituents is 1. The Labute approximate surface area is 254 Å². The smallest absolute Gasteiger partial charge is 0.269 e. The first-order chi connectivity index (χ1) is 20.3. The average Bonchev–Trinajstić information content (AvgIpc) is 3.49. The van der Waals surface area contributed by atoms with Gasteiger partial charge in [-0.2, -0.15) is 0 Å². The Morgan fingerprint density at radius 3 is 2.14 bits per heavy atom. The van der Waals surface area contributed by atoms with Gasteiger partial charge in [0.25, 0.3) is 5.69 Å². The molecule has 210 valence electrons. The van der Waals surface area contributed by atoms with E-state index in [0.29, 0.717) is 5.11 Å². The van der Waals surface area contributed by atoms with E-state index in [-0.39, 0.29) is 22.7 Å². The fraction of sp³-hybridized carbons (Fsp3) is 0.152. The number of nitrogens with one attached hydrogen (secondary N) is 1. The number of pyridine rings is 1. The highest BCUT2D eigenvalue weighted by molar-refractivity contribution is 7.99. The molecular formula is C33H29N5O2S2. The van der Waals surface area contributed by atoms with E-state index in [4.69, 9.17) is 17.2 Å². The summed E-state index contributed by atoms with van der Waals surface area (Å²) in [6, 6.07) is 31.4. The minimum atomic E-state index is -0.386. The Morgan fingerprint density at radius 2 is 1.52 bits per heavy atom. The summed E-state index contributed by atoms with van der Waals surface area (Å²) in [6.07, 6.45) is 1.82. The molecule has 1 aliphatic heterocycles. The number of hydrogen-bond donors (Lipinski definition) is 1. The van der Waals surface area contributed by atoms with Crippen LogP contribution in [0.2, 0.25) is 0 Å². The van der Waals surface area contributed by atoms with Gasteiger partial charge in [0, 0.05) is 50.9 Å². The summed E-state index contributed by atoms with van der Waals surface area (Å²) >= 11 is 7.52. The van der Waals surface area contributed by atoms with Gasteiger partial charge in [-0.15, -0.1) is 0 Å². The zero-order valence-corrected chi connectivity index (χ0v) is 25.0. The number of non-ortho nitro benzene ring substituents is 1. The van der Waals surface area contributed by atoms with E-state index in [1.54, 1.807) is 23.9 Å². The number of anilines is 1. The Morgan fingerprint density at radius 1 is 0.881 bits per heavy atom. The van der Waals surface area contributed by atoms with E-state index in [9.17, 15) is 10.1 Å². The maximum absolute atomic E-state index is 11.0. The van der Waals surface area contributed by atoms with Crippen molar-refractivity contribution in [2.45, 2.75) is 42.6 Å². The average molecular weight is 592 g/mol. The van der Waals surface area contributed by atoms with Crippen LogP contribution in [0.15, 0.2) is 113 Å². The molecule has 42 heavy (non-hydrogen) atoms. The van der Waals surface area contributed by atoms with Gasteiger partial charge in [0.15, 0.2) is 5.11 Å². The third-order valence-corrected chi connectivity index (χ3v) is 8.91. The van der Waals surface area contributed by atoms with Gasteiger partial charge in [-0.05, 0) is 105 Å². The molecule has 0 amide bonds. The van der Waals surface area contributed by atoms with Gasteiger partial charge in [0.05, 0.1) is 22.7 Å². The van der Waals surface area contributed by atoms with E-state index in [2.05, 4.69) is 90.2 Å². The zero-order valence-electron chi connectivity index (χ0n) is 23.4. The highest BCUT2D eigenvalue weighted by atomic mass is 32.2. The van der Waals surface area contributed by atoms with Crippen molar-refractivity contribution in [2.24, 2.45) is 0 Å². The Bertz CT molecular complexity index is 1750. The summed E-state index contributed by atoms with van der Waals surface area (Å²) in [5.74, 6) is 0. The molecule has 0 radical (unpaired) electrons. The summed E-state index contributed by atoms with van der Waals surface area (Å²) in [6.45, 7) is 6.41. The predicted octanol–water partition coefficient (Wildman–Crippen LogP) is 8.03. The first kappa shape index (κ1) is 27.7. The lowest BCUT2D eigenvalue weighted by Crippen LogP contribution is -2.29. The van der Waals surface area contributed by atoms with Gasteiger partial charge in [0.2, 0.25) is 0 Å². The van der Waals surface area contributed by atoms with Crippen LogP contribution in [0, 0.1) is 30.9 Å². The fourth-order valence-electron chi connectivity index (χ4n) is 5.57. The fourth-order valence-corrected chi connectivity index (χ4v) is 6.74. The molecule has 0 bridgehead atoms. The first-order valence-electron chi connectivity index (χ1n) is 13.6. The summed E-state index contributed by atoms with van der Waals surface area (Å²) in [4.78, 5) is 19.5. The van der Waals surface area contributed by atoms with E-state index < -0.39 is 0 Å². The SMILES string of the molecule is Cc1ccc(-n2c(C)cc([C@H]3[C@H](c4ccccn4)NC(=S)N3c3ccc(Sc4ccc([N+](=O)[O-])cc4)cc3)c2C)cc1. The van der Waals surface area contributed by atoms with Crippen LogP contribution in [0.25, 0.3) is 5.69 Å². The Kier molecular flexibility index (Phi) is 7.53. The molecule has 2 atom stereocenters. The molecule has 0 saturated carbocycles. The quantitative estimate of drug-likeness (QED) is 0.117. The molecule has 0 spiro atoms. The molecule has 2 aromatic heterocycles. The van der Waals surface area contributed by atoms with E-state index >= 15 is 0 Å². The molecule has 1 aliphatic rings. The van der Waals surface area contributed by atoms with Crippen molar-refractivity contribution < 1.29 is 4.92 Å². The van der Waals surface area contributed by atoms with Crippen LogP contribution < -0.4 is 10.2 Å². The maximum Gasteiger partial charge on any atom is 0.269 e. The van der Waals surface area contributed by atoms with Gasteiger partial charge in [0.1, 0.15) is 0 Å². The second-order valence-electron chi connectivity index (χ2n) is 10.3. The van der Waals surface area contributed by atoms with E-state index in [0.717, 1.165) is 38.2 Å². The number of aryl methyl sites for hydroxylation is 2. The second-order valence-corrected chi connectivity index (χ2v) is 11.9. The largest absolute Gasteiger partial charge is 0.351 e. The number of hydrogen-bond acceptors (Lipinski definition) is 5. The highest BCUT2D eigenvalue weighted by Gasteiger charge is 2.42. The number of benzene rings is 3. The molecule has 5 aromatic rings. The van der Waals surface area contributed by atoms with Crippen LogP contribution in [0.5, 0.6) is 0 Å². The molecule has 1 saturated heterocycles. The van der Waals surface area contributed by atoms with Gasteiger partial charge < -0.3 is 14.8 Å². The van der Waals surface area contributed by atoms with Gasteiger partial charge in [-0.25, -0.2) is 0 Å². The lowest BCUT2D eigenvalue weighted by molar-refractivity contribution is -0.384. The van der Waals surface area contributed by atoms with Crippen molar-refractivity contribution in [1.29, 1.82) is 0 Å². The topological polar surface area (TPSA) is 76.2 Å². The zero-order chi connectivity index (χ0) is 29.4. The van der Waals surface area contributed by atoms with Crippen molar-refractivity contribution >= 4 is 40.5 Å². The molecule has 6 rings (SSSR count). The van der Waals surface area contributed by atoms with Crippen molar-refractivity contribution in [2.75, 3.05) is 4.90 Å². The first-order valence-corrected chi connectivity index (χ1v) is 14.8. The predicted molar refractivity (Wildman–Crippen MR) is 172 cm³/mol. The summed E-state index contributed by atoms with van der Waals surface area (Å²) in [7, 11) is 0. The summed E-state index contributed by atoms with van der Waals surface area (Å²) in [5, 5.41) is 15.2.